The molecule has 0 aromatic carbocycles. The number of ether oxygens (including phenoxy) is 1. The molecule has 13 heavy (non-hydrogen) atoms. The van der Waals surface area contributed by atoms with Crippen LogP contribution >= 0.6 is 0 Å². The Labute approximate surface area is 99.9 Å². The number of carbonyl (C=O) groups excluding carboxylic acids is 1. The molecule has 0 aromatic rings. The Hall–Kier alpha value is -0.0600. The monoisotopic (exact) mass is 196 g/mol. The van der Waals surface area contributed by atoms with Crippen LogP contribution in [0.3, 0.4) is 0 Å². The van der Waals surface area contributed by atoms with Crippen LogP contribution in [-0.4, -0.2) is 17.0 Å². The zero-order chi connectivity index (χ0) is 9.56. The van der Waals surface area contributed by atoms with Gasteiger partial charge in [0, 0.05) is 0 Å². The predicted octanol–water partition coefficient (Wildman–Crippen LogP) is -1.64. The molecule has 0 aliphatic rings. The fraction of sp³-hybridized carbons (Fsp3) is 0.625. The smallest absolute Gasteiger partial charge is 0.634 e. The second kappa shape index (κ2) is 8.53. The van der Waals surface area contributed by atoms with Crippen molar-refractivity contribution in [2.45, 2.75) is 33.1 Å². The fourth-order valence-electron chi connectivity index (χ4n) is 0.715. The molecule has 0 unspecified atom stereocenters. The quantitative estimate of drug-likeness (QED) is 0.248. The van der Waals surface area contributed by atoms with E-state index < -0.39 is 18.4 Å². The van der Waals surface area contributed by atoms with Gasteiger partial charge in [0.2, 0.25) is 0 Å². The van der Waals surface area contributed by atoms with Gasteiger partial charge in [-0.15, -0.1) is 18.9 Å². The molecule has 0 aliphatic heterocycles. The Bertz CT molecular complexity index is 166. The molecule has 0 saturated heterocycles. The second-order valence-electron chi connectivity index (χ2n) is 2.29. The fourth-order valence-corrected chi connectivity index (χ4v) is 0.715. The van der Waals surface area contributed by atoms with Crippen molar-refractivity contribution in [3.05, 3.63) is 6.10 Å². The largest absolute Gasteiger partial charge is 1.00 e. The number of hydrogen-bond acceptors (Lipinski definition) is 3. The maximum absolute atomic E-state index is 10.8. The van der Waals surface area contributed by atoms with Crippen molar-refractivity contribution in [1.29, 1.82) is 0 Å². The number of rotatable bonds is 5. The van der Waals surface area contributed by atoms with Gasteiger partial charge >= 0.3 is 35.5 Å². The molecule has 4 nitrogen and oxygen atoms in total. The van der Waals surface area contributed by atoms with Gasteiger partial charge in [-0.2, -0.15) is 0 Å². The summed E-state index contributed by atoms with van der Waals surface area (Å²) in [6.07, 6.45) is 1.34. The number of carboxylic acids is 1. The Morgan fingerprint density at radius 2 is 1.77 bits per heavy atom. The molecule has 0 heterocycles. The van der Waals surface area contributed by atoms with Gasteiger partial charge in [-0.25, -0.2) is 0 Å². The van der Waals surface area contributed by atoms with Gasteiger partial charge in [-0.1, -0.05) is 13.8 Å². The molecule has 0 radical (unpaired) electrons. The van der Waals surface area contributed by atoms with Gasteiger partial charge in [-0.05, 0) is 0 Å². The van der Waals surface area contributed by atoms with Gasteiger partial charge in [0.25, 0.3) is 5.97 Å². The summed E-state index contributed by atoms with van der Waals surface area (Å²) >= 11 is 0. The number of aliphatic carboxylic acids is 1. The van der Waals surface area contributed by atoms with Crippen LogP contribution in [0.4, 0.5) is 0 Å². The van der Waals surface area contributed by atoms with E-state index in [1.807, 2.05) is 13.8 Å². The zero-order valence-corrected chi connectivity index (χ0v) is 10.3. The summed E-state index contributed by atoms with van der Waals surface area (Å²) in [5, 5.41) is 8.23. The van der Waals surface area contributed by atoms with Crippen molar-refractivity contribution in [2.75, 3.05) is 0 Å². The molecular weight excluding hydrogens is 183 g/mol. The maximum atomic E-state index is 10.8. The molecule has 0 saturated carbocycles. The third-order valence-electron chi connectivity index (χ3n) is 1.34. The first-order valence-corrected chi connectivity index (χ1v) is 3.87. The molecule has 5 heteroatoms. The zero-order valence-electron chi connectivity index (χ0n) is 8.29. The number of carbonyl (C=O) groups is 2. The van der Waals surface area contributed by atoms with Crippen LogP contribution in [0.2, 0.25) is 0 Å². The van der Waals surface area contributed by atoms with Crippen molar-refractivity contribution in [3.63, 3.8) is 0 Å². The first kappa shape index (κ1) is 15.4. The van der Waals surface area contributed by atoms with E-state index in [-0.39, 0.29) is 29.6 Å². The molecule has 0 aromatic heterocycles. The summed E-state index contributed by atoms with van der Waals surface area (Å²) in [5.74, 6) is -1.85. The molecule has 0 spiro atoms. The maximum Gasteiger partial charge on any atom is 1.00 e. The summed E-state index contributed by atoms with van der Waals surface area (Å²) in [4.78, 5) is 20.8. The summed E-state index contributed by atoms with van der Waals surface area (Å²) in [7, 11) is 0. The minimum absolute atomic E-state index is 0. The summed E-state index contributed by atoms with van der Waals surface area (Å²) in [6, 6.07) is 0. The van der Waals surface area contributed by atoms with Crippen molar-refractivity contribution in [1.82, 2.24) is 0 Å². The topological polar surface area (TPSA) is 63.6 Å². The SMILES string of the molecule is CC[C-](CC)OC(=O)CC(=O)O.[Na+]. The summed E-state index contributed by atoms with van der Waals surface area (Å²) in [6.45, 7) is 3.71. The molecule has 1 N–H and O–H groups in total. The van der Waals surface area contributed by atoms with Crippen molar-refractivity contribution < 1.29 is 49.0 Å². The molecule has 0 fully saturated rings. The molecule has 0 aliphatic carbocycles. The van der Waals surface area contributed by atoms with Gasteiger partial charge in [0.1, 0.15) is 6.42 Å². The van der Waals surface area contributed by atoms with Crippen molar-refractivity contribution >= 4 is 11.9 Å². The molecule has 0 bridgehead atoms. The Morgan fingerprint density at radius 1 is 1.31 bits per heavy atom. The van der Waals surface area contributed by atoms with Crippen LogP contribution in [-0.2, 0) is 14.3 Å². The van der Waals surface area contributed by atoms with E-state index >= 15 is 0 Å². The minimum Gasteiger partial charge on any atom is -0.634 e. The van der Waals surface area contributed by atoms with Crippen LogP contribution in [0.1, 0.15) is 33.1 Å². The third kappa shape index (κ3) is 8.28. The molecular formula is C8H13NaO4. The van der Waals surface area contributed by atoms with Crippen LogP contribution < -0.4 is 29.6 Å². The van der Waals surface area contributed by atoms with Crippen LogP contribution in [0.15, 0.2) is 0 Å². The molecule has 70 valence electrons. The molecule has 0 rings (SSSR count). The van der Waals surface area contributed by atoms with Gasteiger partial charge < -0.3 is 9.84 Å². The van der Waals surface area contributed by atoms with Crippen LogP contribution in [0.25, 0.3) is 0 Å². The average Bonchev–Trinajstić information content (AvgIpc) is 1.98. The van der Waals surface area contributed by atoms with Gasteiger partial charge in [0.05, 0.1) is 0 Å². The van der Waals surface area contributed by atoms with Crippen LogP contribution in [0.5, 0.6) is 0 Å². The van der Waals surface area contributed by atoms with E-state index in [4.69, 9.17) is 9.84 Å². The standard InChI is InChI=1S/C8H13O4.Na/c1-3-6(4-2)12-8(11)5-7(9)10;/h3-5H2,1-2H3,(H,9,10);/q-1;+1. The molecule has 0 atom stereocenters. The first-order valence-electron chi connectivity index (χ1n) is 3.87. The third-order valence-corrected chi connectivity index (χ3v) is 1.34. The van der Waals surface area contributed by atoms with Crippen molar-refractivity contribution in [3.8, 4) is 0 Å². The second-order valence-corrected chi connectivity index (χ2v) is 2.29. The van der Waals surface area contributed by atoms with E-state index in [2.05, 4.69) is 0 Å². The van der Waals surface area contributed by atoms with Gasteiger partial charge in [-0.3, -0.25) is 9.59 Å². The van der Waals surface area contributed by atoms with E-state index in [9.17, 15) is 9.59 Å². The minimum atomic E-state index is -1.16. The van der Waals surface area contributed by atoms with Crippen molar-refractivity contribution in [2.24, 2.45) is 0 Å². The van der Waals surface area contributed by atoms with E-state index in [1.165, 1.54) is 0 Å². The summed E-state index contributed by atoms with van der Waals surface area (Å²) < 4.78 is 4.76. The predicted molar refractivity (Wildman–Crippen MR) is 42.2 cm³/mol. The number of carboxylic acid groups (broad SMARTS) is 1. The molecule has 0 amide bonds. The Morgan fingerprint density at radius 3 is 2.08 bits per heavy atom. The van der Waals surface area contributed by atoms with Gasteiger partial charge in [0.15, 0.2) is 0 Å². The Balaban J connectivity index is 0. The normalized spacial score (nSPS) is 9.15. The first-order chi connectivity index (χ1) is 5.60. The van der Waals surface area contributed by atoms with E-state index in [0.717, 1.165) is 0 Å². The van der Waals surface area contributed by atoms with E-state index in [0.29, 0.717) is 18.9 Å². The van der Waals surface area contributed by atoms with E-state index in [1.54, 1.807) is 0 Å². The number of hydrogen-bond donors (Lipinski definition) is 1. The average molecular weight is 196 g/mol. The number of esters is 1. The van der Waals surface area contributed by atoms with Crippen LogP contribution in [0, 0.1) is 6.10 Å². The Kier molecular flexibility index (Phi) is 10.1. The summed E-state index contributed by atoms with van der Waals surface area (Å²) in [5.41, 5.74) is 0.